The van der Waals surface area contributed by atoms with E-state index < -0.39 is 0 Å². The van der Waals surface area contributed by atoms with Gasteiger partial charge in [-0.3, -0.25) is 0 Å². The van der Waals surface area contributed by atoms with Crippen molar-refractivity contribution >= 4 is 5.97 Å². The molecule has 0 atom stereocenters. The molecule has 2 N–H and O–H groups in total. The number of carbonyl (C=O) groups is 1. The van der Waals surface area contributed by atoms with Crippen molar-refractivity contribution in [2.75, 3.05) is 33.0 Å². The molecule has 0 heterocycles. The Hall–Kier alpha value is -0.910. The number of aliphatic hydroxyl groups excluding tert-OH is 2. The third kappa shape index (κ3) is 33.8. The zero-order valence-corrected chi connectivity index (χ0v) is 15.6. The molecular weight excluding hydrogens is 296 g/mol. The largest absolute Gasteiger partial charge is 0.462 e. The monoisotopic (exact) mass is 334 g/mol. The van der Waals surface area contributed by atoms with E-state index in [1.54, 1.807) is 6.92 Å². The minimum absolute atomic E-state index is 0.125. The summed E-state index contributed by atoms with van der Waals surface area (Å²) in [5, 5.41) is 15.2. The van der Waals surface area contributed by atoms with Crippen LogP contribution in [0.15, 0.2) is 12.2 Å². The number of esters is 1. The molecule has 0 unspecified atom stereocenters. The standard InChI is InChI=1S/C12H22O2.C4H10O.C2H6O2/c1-4-5-6-7-8-9-10-14-12(13)11(2)3;1-3-5-4-2;3-1-2-4/h2,4-10H2,1,3H3;3-4H2,1-2H3;3-4H,1-2H2. The number of hydrogen-bond donors (Lipinski definition) is 2. The Morgan fingerprint density at radius 2 is 1.39 bits per heavy atom. The third-order valence-electron chi connectivity index (χ3n) is 2.59. The van der Waals surface area contributed by atoms with E-state index in [1.165, 1.54) is 25.7 Å². The zero-order chi connectivity index (χ0) is 18.3. The highest BCUT2D eigenvalue weighted by molar-refractivity contribution is 5.86. The Kier molecular flexibility index (Phi) is 30.5. The van der Waals surface area contributed by atoms with Gasteiger partial charge < -0.3 is 19.7 Å². The second-order valence-corrected chi connectivity index (χ2v) is 4.91. The summed E-state index contributed by atoms with van der Waals surface area (Å²) in [4.78, 5) is 11.0. The SMILES string of the molecule is C=C(C)C(=O)OCCCCCCCC.CCOCC.OCCO. The molecule has 0 aromatic rings. The minimum atomic E-state index is -0.265. The first kappa shape index (κ1) is 27.0. The van der Waals surface area contributed by atoms with Gasteiger partial charge in [0.05, 0.1) is 19.8 Å². The highest BCUT2D eigenvalue weighted by Crippen LogP contribution is 2.05. The predicted octanol–water partition coefficient (Wildman–Crippen LogP) is 3.48. The van der Waals surface area contributed by atoms with Gasteiger partial charge in [-0.1, -0.05) is 45.6 Å². The maximum Gasteiger partial charge on any atom is 0.333 e. The highest BCUT2D eigenvalue weighted by Gasteiger charge is 2.01. The lowest BCUT2D eigenvalue weighted by Gasteiger charge is -2.03. The van der Waals surface area contributed by atoms with Crippen LogP contribution in [0, 0.1) is 0 Å². The summed E-state index contributed by atoms with van der Waals surface area (Å²) in [6, 6.07) is 0. The van der Waals surface area contributed by atoms with Crippen LogP contribution in [0.3, 0.4) is 0 Å². The van der Waals surface area contributed by atoms with E-state index in [0.717, 1.165) is 26.1 Å². The molecule has 0 spiro atoms. The molecule has 0 aromatic carbocycles. The summed E-state index contributed by atoms with van der Waals surface area (Å²) < 4.78 is 9.80. The van der Waals surface area contributed by atoms with Crippen LogP contribution in [0.1, 0.15) is 66.2 Å². The molecule has 0 fully saturated rings. The molecule has 0 bridgehead atoms. The summed E-state index contributed by atoms with van der Waals surface area (Å²) in [5.41, 5.74) is 0.482. The molecule has 5 nitrogen and oxygen atoms in total. The van der Waals surface area contributed by atoms with Crippen LogP contribution in [0.2, 0.25) is 0 Å². The first-order chi connectivity index (χ1) is 11.0. The van der Waals surface area contributed by atoms with E-state index >= 15 is 0 Å². The van der Waals surface area contributed by atoms with Crippen LogP contribution in [-0.4, -0.2) is 49.2 Å². The summed E-state index contributed by atoms with van der Waals surface area (Å²) in [6.07, 6.45) is 7.26. The average Bonchev–Trinajstić information content (AvgIpc) is 2.55. The summed E-state index contributed by atoms with van der Waals surface area (Å²) >= 11 is 0. The molecule has 0 aliphatic carbocycles. The molecule has 23 heavy (non-hydrogen) atoms. The lowest BCUT2D eigenvalue weighted by Crippen LogP contribution is -2.05. The minimum Gasteiger partial charge on any atom is -0.462 e. The molecule has 5 heteroatoms. The van der Waals surface area contributed by atoms with Gasteiger partial charge in [0.25, 0.3) is 0 Å². The van der Waals surface area contributed by atoms with Crippen LogP contribution < -0.4 is 0 Å². The Morgan fingerprint density at radius 3 is 1.74 bits per heavy atom. The number of carbonyl (C=O) groups excluding carboxylic acids is 1. The molecule has 140 valence electrons. The number of hydrogen-bond acceptors (Lipinski definition) is 5. The van der Waals surface area contributed by atoms with Gasteiger partial charge in [-0.25, -0.2) is 4.79 Å². The maximum absolute atomic E-state index is 11.0. The zero-order valence-electron chi connectivity index (χ0n) is 15.6. The van der Waals surface area contributed by atoms with Gasteiger partial charge in [0.2, 0.25) is 0 Å². The van der Waals surface area contributed by atoms with E-state index in [9.17, 15) is 4.79 Å². The van der Waals surface area contributed by atoms with Gasteiger partial charge >= 0.3 is 5.97 Å². The Morgan fingerprint density at radius 1 is 0.913 bits per heavy atom. The van der Waals surface area contributed by atoms with E-state index in [1.807, 2.05) is 13.8 Å². The van der Waals surface area contributed by atoms with Gasteiger partial charge in [0, 0.05) is 18.8 Å². The van der Waals surface area contributed by atoms with Gasteiger partial charge in [0.1, 0.15) is 0 Å². The van der Waals surface area contributed by atoms with E-state index in [2.05, 4.69) is 13.5 Å². The molecule has 0 aromatic heterocycles. The van der Waals surface area contributed by atoms with Crippen molar-refractivity contribution in [3.63, 3.8) is 0 Å². The highest BCUT2D eigenvalue weighted by atomic mass is 16.5. The van der Waals surface area contributed by atoms with Gasteiger partial charge in [-0.15, -0.1) is 0 Å². The fourth-order valence-corrected chi connectivity index (χ4v) is 1.37. The molecular formula is C18H38O5. The van der Waals surface area contributed by atoms with Crippen molar-refractivity contribution in [3.8, 4) is 0 Å². The second kappa shape index (κ2) is 26.0. The lowest BCUT2D eigenvalue weighted by atomic mass is 10.1. The number of aliphatic hydroxyl groups is 2. The third-order valence-corrected chi connectivity index (χ3v) is 2.59. The van der Waals surface area contributed by atoms with E-state index in [4.69, 9.17) is 19.7 Å². The predicted molar refractivity (Wildman–Crippen MR) is 95.5 cm³/mol. The molecule has 0 radical (unpaired) electrons. The molecule has 0 saturated carbocycles. The fraction of sp³-hybridized carbons (Fsp3) is 0.833. The normalized spacial score (nSPS) is 9.13. The van der Waals surface area contributed by atoms with E-state index in [0.29, 0.717) is 12.2 Å². The van der Waals surface area contributed by atoms with Gasteiger partial charge in [-0.2, -0.15) is 0 Å². The fourth-order valence-electron chi connectivity index (χ4n) is 1.37. The first-order valence-corrected chi connectivity index (χ1v) is 8.63. The molecule has 0 aliphatic heterocycles. The van der Waals surface area contributed by atoms with Gasteiger partial charge in [-0.05, 0) is 27.2 Å². The van der Waals surface area contributed by atoms with Crippen molar-refractivity contribution in [3.05, 3.63) is 12.2 Å². The van der Waals surface area contributed by atoms with Crippen molar-refractivity contribution in [2.45, 2.75) is 66.2 Å². The molecule has 0 saturated heterocycles. The summed E-state index contributed by atoms with van der Waals surface area (Å²) in [6.45, 7) is 13.3. The van der Waals surface area contributed by atoms with Crippen LogP contribution >= 0.6 is 0 Å². The molecule has 0 amide bonds. The molecule has 0 rings (SSSR count). The lowest BCUT2D eigenvalue weighted by molar-refractivity contribution is -0.139. The van der Waals surface area contributed by atoms with Crippen molar-refractivity contribution in [2.24, 2.45) is 0 Å². The average molecular weight is 334 g/mol. The number of unbranched alkanes of at least 4 members (excludes halogenated alkanes) is 5. The van der Waals surface area contributed by atoms with Crippen LogP contribution in [-0.2, 0) is 14.3 Å². The van der Waals surface area contributed by atoms with Gasteiger partial charge in [0.15, 0.2) is 0 Å². The Balaban J connectivity index is -0.000000365. The second-order valence-electron chi connectivity index (χ2n) is 4.91. The van der Waals surface area contributed by atoms with Crippen molar-refractivity contribution < 1.29 is 24.5 Å². The topological polar surface area (TPSA) is 76.0 Å². The van der Waals surface area contributed by atoms with Crippen molar-refractivity contribution in [1.29, 1.82) is 0 Å². The first-order valence-electron chi connectivity index (χ1n) is 8.63. The Bertz CT molecular complexity index is 238. The summed E-state index contributed by atoms with van der Waals surface area (Å²) in [5.74, 6) is -0.265. The smallest absolute Gasteiger partial charge is 0.333 e. The number of ether oxygens (including phenoxy) is 2. The molecule has 0 aliphatic rings. The number of rotatable bonds is 11. The summed E-state index contributed by atoms with van der Waals surface area (Å²) in [7, 11) is 0. The quantitative estimate of drug-likeness (QED) is 0.344. The maximum atomic E-state index is 11.0. The van der Waals surface area contributed by atoms with E-state index in [-0.39, 0.29) is 19.2 Å². The van der Waals surface area contributed by atoms with Crippen LogP contribution in [0.25, 0.3) is 0 Å². The van der Waals surface area contributed by atoms with Crippen LogP contribution in [0.5, 0.6) is 0 Å². The van der Waals surface area contributed by atoms with Crippen molar-refractivity contribution in [1.82, 2.24) is 0 Å². The Labute approximate surface area is 142 Å². The van der Waals surface area contributed by atoms with Crippen LogP contribution in [0.4, 0.5) is 0 Å².